The molecule has 3 heterocycles. The van der Waals surface area contributed by atoms with Gasteiger partial charge in [0, 0.05) is 22.2 Å². The monoisotopic (exact) mass is 564 g/mol. The zero-order valence-electron chi connectivity index (χ0n) is 24.3. The summed E-state index contributed by atoms with van der Waals surface area (Å²) in [5.41, 5.74) is 12.6. The molecule has 0 saturated carbocycles. The Balaban J connectivity index is 1.39. The van der Waals surface area contributed by atoms with Crippen molar-refractivity contribution in [3.63, 3.8) is 0 Å². The lowest BCUT2D eigenvalue weighted by molar-refractivity contribution is 0.661. The van der Waals surface area contributed by atoms with Gasteiger partial charge in [-0.05, 0) is 47.8 Å². The van der Waals surface area contributed by atoms with E-state index >= 15 is 0 Å². The van der Waals surface area contributed by atoms with E-state index in [0.29, 0.717) is 17.6 Å². The second kappa shape index (κ2) is 10.2. The number of hydrogen-bond acceptors (Lipinski definition) is 3. The molecule has 5 aromatic carbocycles. The van der Waals surface area contributed by atoms with Crippen molar-refractivity contribution in [2.45, 2.75) is 25.7 Å². The molecule has 2 aliphatic rings. The number of hydrogen-bond donors (Lipinski definition) is 0. The van der Waals surface area contributed by atoms with Crippen LogP contribution in [0.2, 0.25) is 0 Å². The van der Waals surface area contributed by atoms with Crippen molar-refractivity contribution in [3.05, 3.63) is 139 Å². The lowest BCUT2D eigenvalue weighted by Gasteiger charge is -2.18. The first kappa shape index (κ1) is 25.2. The molecule has 0 radical (unpaired) electrons. The van der Waals surface area contributed by atoms with Gasteiger partial charge in [0.2, 0.25) is 12.7 Å². The molecule has 0 spiro atoms. The van der Waals surface area contributed by atoms with E-state index < -0.39 is 0 Å². The fourth-order valence-corrected chi connectivity index (χ4v) is 7.44. The van der Waals surface area contributed by atoms with Crippen LogP contribution in [0.5, 0.6) is 0 Å². The molecule has 0 amide bonds. The number of nitrogens with zero attached hydrogens (tertiary/aromatic N) is 4. The Hall–Kier alpha value is -5.29. The van der Waals surface area contributed by atoms with Crippen LogP contribution in [0.1, 0.15) is 24.1 Å². The molecule has 208 valence electrons. The predicted molar refractivity (Wildman–Crippen MR) is 181 cm³/mol. The number of benzene rings is 5. The minimum atomic E-state index is 0.130. The molecule has 1 aliphatic carbocycles. The predicted octanol–water partition coefficient (Wildman–Crippen LogP) is 6.52. The minimum Gasteiger partial charge on any atom is -0.282 e. The molecule has 0 unspecified atom stereocenters. The zero-order chi connectivity index (χ0) is 29.0. The molecule has 5 heteroatoms. The number of aryl methyl sites for hydroxylation is 1. The van der Waals surface area contributed by atoms with E-state index in [1.165, 1.54) is 56.1 Å². The lowest BCUT2D eigenvalue weighted by Crippen LogP contribution is -2.49. The number of aromatic nitrogens is 4. The highest BCUT2D eigenvalue weighted by molar-refractivity contribution is 7.00. The third-order valence-electron chi connectivity index (χ3n) is 9.35. The van der Waals surface area contributed by atoms with Crippen molar-refractivity contribution in [1.29, 1.82) is 0 Å². The smallest absolute Gasteiger partial charge is 0.245 e. The third-order valence-corrected chi connectivity index (χ3v) is 9.35. The summed E-state index contributed by atoms with van der Waals surface area (Å²) in [5, 5.41) is 1.33. The first-order valence-electron chi connectivity index (χ1n) is 15.6. The van der Waals surface area contributed by atoms with Gasteiger partial charge >= 0.3 is 0 Å². The fourth-order valence-electron chi connectivity index (χ4n) is 7.44. The van der Waals surface area contributed by atoms with Gasteiger partial charge in [0.25, 0.3) is 0 Å². The highest BCUT2D eigenvalue weighted by Crippen LogP contribution is 2.37. The quantitative estimate of drug-likeness (QED) is 0.229. The molecular formula is C39H29BN4. The summed E-state index contributed by atoms with van der Waals surface area (Å²) in [6.07, 6.45) is 4.45. The Bertz CT molecular complexity index is 2110. The van der Waals surface area contributed by atoms with Gasteiger partial charge in [0.1, 0.15) is 0 Å². The van der Waals surface area contributed by atoms with Crippen LogP contribution in [0.25, 0.3) is 50.8 Å². The van der Waals surface area contributed by atoms with Crippen LogP contribution in [0.4, 0.5) is 0 Å². The molecule has 7 aromatic rings. The Morgan fingerprint density at radius 3 is 1.86 bits per heavy atom. The molecule has 0 saturated heterocycles. The van der Waals surface area contributed by atoms with E-state index in [-0.39, 0.29) is 6.71 Å². The van der Waals surface area contributed by atoms with Gasteiger partial charge in [-0.3, -0.25) is 4.57 Å². The lowest BCUT2D eigenvalue weighted by atomic mass is 9.38. The first-order chi connectivity index (χ1) is 21.8. The van der Waals surface area contributed by atoms with Gasteiger partial charge in [-0.15, -0.1) is 0 Å². The Labute approximate surface area is 257 Å². The van der Waals surface area contributed by atoms with Crippen LogP contribution in [-0.4, -0.2) is 26.2 Å². The average Bonchev–Trinajstić information content (AvgIpc) is 3.62. The van der Waals surface area contributed by atoms with Gasteiger partial charge < -0.3 is 0 Å². The molecule has 2 aromatic heterocycles. The summed E-state index contributed by atoms with van der Waals surface area (Å²) in [4.78, 5) is 15.5. The van der Waals surface area contributed by atoms with Crippen molar-refractivity contribution in [2.75, 3.05) is 0 Å². The van der Waals surface area contributed by atoms with E-state index in [9.17, 15) is 0 Å². The zero-order valence-corrected chi connectivity index (χ0v) is 24.3. The standard InChI is InChI=1S/C39H29BN4/c1-4-14-26(15-5-1)37-41-38(27-16-6-2-7-17-27)43-39(42-37)44-34-23-13-11-21-30(34)32-25-24-31-29-20-10-12-22-33(29)40(35(31)36(32)44)28-18-8-3-9-19-28/h1-10,12,14-20,22,24-25H,11,13,21,23H2. The van der Waals surface area contributed by atoms with E-state index in [1.807, 2.05) is 36.4 Å². The summed E-state index contributed by atoms with van der Waals surface area (Å²) in [5.74, 6) is 2.08. The summed E-state index contributed by atoms with van der Waals surface area (Å²) in [6.45, 7) is 0.130. The highest BCUT2D eigenvalue weighted by Gasteiger charge is 2.37. The van der Waals surface area contributed by atoms with Crippen LogP contribution in [0.3, 0.4) is 0 Å². The van der Waals surface area contributed by atoms with Crippen LogP contribution < -0.4 is 16.4 Å². The van der Waals surface area contributed by atoms with Gasteiger partial charge in [0.15, 0.2) is 11.6 Å². The molecule has 44 heavy (non-hydrogen) atoms. The summed E-state index contributed by atoms with van der Waals surface area (Å²) in [6, 6.07) is 45.2. The van der Waals surface area contributed by atoms with Crippen molar-refractivity contribution in [1.82, 2.24) is 19.5 Å². The Morgan fingerprint density at radius 2 is 1.16 bits per heavy atom. The van der Waals surface area contributed by atoms with Crippen molar-refractivity contribution < 1.29 is 0 Å². The van der Waals surface area contributed by atoms with Crippen LogP contribution in [0.15, 0.2) is 127 Å². The van der Waals surface area contributed by atoms with E-state index in [2.05, 4.69) is 95.6 Å². The summed E-state index contributed by atoms with van der Waals surface area (Å²) < 4.78 is 2.41. The topological polar surface area (TPSA) is 43.6 Å². The van der Waals surface area contributed by atoms with Crippen LogP contribution >= 0.6 is 0 Å². The van der Waals surface area contributed by atoms with Gasteiger partial charge in [-0.25, -0.2) is 4.98 Å². The fraction of sp³-hybridized carbons (Fsp3) is 0.103. The maximum atomic E-state index is 5.24. The van der Waals surface area contributed by atoms with E-state index in [0.717, 1.165) is 30.4 Å². The van der Waals surface area contributed by atoms with E-state index in [4.69, 9.17) is 15.0 Å². The summed E-state index contributed by atoms with van der Waals surface area (Å²) >= 11 is 0. The molecule has 0 bridgehead atoms. The highest BCUT2D eigenvalue weighted by atomic mass is 15.2. The first-order valence-corrected chi connectivity index (χ1v) is 15.6. The second-order valence-electron chi connectivity index (χ2n) is 11.8. The third kappa shape index (κ3) is 3.89. The molecular weight excluding hydrogens is 535 g/mol. The largest absolute Gasteiger partial charge is 0.282 e. The maximum absolute atomic E-state index is 5.24. The molecule has 9 rings (SSSR count). The average molecular weight is 565 g/mol. The van der Waals surface area contributed by atoms with E-state index in [1.54, 1.807) is 0 Å². The van der Waals surface area contributed by atoms with Crippen LogP contribution in [0, 0.1) is 0 Å². The van der Waals surface area contributed by atoms with Crippen molar-refractivity contribution in [2.24, 2.45) is 0 Å². The maximum Gasteiger partial charge on any atom is 0.245 e. The number of rotatable bonds is 4. The molecule has 0 fully saturated rings. The van der Waals surface area contributed by atoms with Gasteiger partial charge in [0.05, 0.1) is 5.52 Å². The van der Waals surface area contributed by atoms with Crippen LogP contribution in [-0.2, 0) is 12.8 Å². The number of fused-ring (bicyclic) bond motifs is 7. The summed E-state index contributed by atoms with van der Waals surface area (Å²) in [7, 11) is 0. The molecule has 1 aliphatic heterocycles. The van der Waals surface area contributed by atoms with Gasteiger partial charge in [-0.1, -0.05) is 138 Å². The molecule has 4 nitrogen and oxygen atoms in total. The SMILES string of the molecule is c1ccc(B2c3ccccc3-c3ccc4c5c(n(-c6nc(-c7ccccc7)nc(-c7ccccc7)n6)c4c32)CCCC5)cc1. The van der Waals surface area contributed by atoms with Crippen molar-refractivity contribution >= 4 is 34.0 Å². The van der Waals surface area contributed by atoms with Crippen molar-refractivity contribution in [3.8, 4) is 39.9 Å². The van der Waals surface area contributed by atoms with Gasteiger partial charge in [-0.2, -0.15) is 9.97 Å². The molecule has 0 N–H and O–H groups in total. The normalized spacial score (nSPS) is 13.5. The minimum absolute atomic E-state index is 0.130. The Kier molecular flexibility index (Phi) is 5.83. The second-order valence-corrected chi connectivity index (χ2v) is 11.8. The molecule has 0 atom stereocenters. The Morgan fingerprint density at radius 1 is 0.545 bits per heavy atom.